The van der Waals surface area contributed by atoms with Crippen molar-refractivity contribution in [2.45, 2.75) is 25.0 Å². The van der Waals surface area contributed by atoms with Crippen molar-refractivity contribution in [3.63, 3.8) is 0 Å². The van der Waals surface area contributed by atoms with E-state index in [0.29, 0.717) is 24.2 Å². The molecule has 2 heterocycles. The van der Waals surface area contributed by atoms with Gasteiger partial charge in [-0.15, -0.1) is 0 Å². The van der Waals surface area contributed by atoms with Gasteiger partial charge in [0, 0.05) is 18.8 Å². The molecule has 1 unspecified atom stereocenters. The minimum atomic E-state index is -0.447. The Morgan fingerprint density at radius 3 is 3.25 bits per heavy atom. The highest BCUT2D eigenvalue weighted by molar-refractivity contribution is 5.96. The van der Waals surface area contributed by atoms with Crippen LogP contribution in [0.5, 0.6) is 5.75 Å². The molecular weight excluding hydrogens is 206 g/mol. The molecule has 5 heteroatoms. The van der Waals surface area contributed by atoms with Crippen molar-refractivity contribution in [1.29, 1.82) is 0 Å². The first kappa shape index (κ1) is 9.59. The minimum absolute atomic E-state index is 0.126. The molecule has 2 aliphatic rings. The van der Waals surface area contributed by atoms with E-state index in [2.05, 4.69) is 15.6 Å². The van der Waals surface area contributed by atoms with Gasteiger partial charge in [0.15, 0.2) is 17.7 Å². The van der Waals surface area contributed by atoms with E-state index in [0.717, 1.165) is 0 Å². The molecule has 1 aliphatic heterocycles. The summed E-state index contributed by atoms with van der Waals surface area (Å²) >= 11 is 0. The number of anilines is 1. The summed E-state index contributed by atoms with van der Waals surface area (Å²) in [5.74, 6) is 1.03. The van der Waals surface area contributed by atoms with Crippen molar-refractivity contribution in [2.75, 3.05) is 11.9 Å². The number of fused-ring (bicyclic) bond motifs is 1. The summed E-state index contributed by atoms with van der Waals surface area (Å²) < 4.78 is 5.59. The van der Waals surface area contributed by atoms with Crippen LogP contribution in [0, 0.1) is 0 Å². The van der Waals surface area contributed by atoms with Crippen LogP contribution < -0.4 is 15.4 Å². The zero-order valence-corrected chi connectivity index (χ0v) is 8.77. The third-order valence-corrected chi connectivity index (χ3v) is 2.74. The molecule has 1 fully saturated rings. The SMILES string of the molecule is O=C1Nc2ncccc2OC1CNC1CC1. The van der Waals surface area contributed by atoms with Gasteiger partial charge < -0.3 is 15.4 Å². The van der Waals surface area contributed by atoms with Crippen molar-refractivity contribution in [2.24, 2.45) is 0 Å². The van der Waals surface area contributed by atoms with Gasteiger partial charge in [-0.2, -0.15) is 0 Å². The van der Waals surface area contributed by atoms with E-state index in [9.17, 15) is 4.79 Å². The highest BCUT2D eigenvalue weighted by Crippen LogP contribution is 2.26. The molecule has 3 rings (SSSR count). The summed E-state index contributed by atoms with van der Waals surface area (Å²) in [5.41, 5.74) is 0. The molecule has 1 saturated carbocycles. The number of nitrogens with zero attached hydrogens (tertiary/aromatic N) is 1. The number of nitrogens with one attached hydrogen (secondary N) is 2. The van der Waals surface area contributed by atoms with Crippen molar-refractivity contribution < 1.29 is 9.53 Å². The lowest BCUT2D eigenvalue weighted by Gasteiger charge is -2.24. The number of hydrogen-bond donors (Lipinski definition) is 2. The number of ether oxygens (including phenoxy) is 1. The second-order valence-corrected chi connectivity index (χ2v) is 4.13. The van der Waals surface area contributed by atoms with Gasteiger partial charge in [-0.05, 0) is 25.0 Å². The molecule has 1 aromatic rings. The van der Waals surface area contributed by atoms with Crippen molar-refractivity contribution in [3.8, 4) is 5.75 Å². The molecule has 0 bridgehead atoms. The maximum absolute atomic E-state index is 11.7. The average Bonchev–Trinajstić information content (AvgIpc) is 3.10. The highest BCUT2D eigenvalue weighted by Gasteiger charge is 2.30. The van der Waals surface area contributed by atoms with Gasteiger partial charge in [0.25, 0.3) is 5.91 Å². The van der Waals surface area contributed by atoms with Crippen molar-refractivity contribution >= 4 is 11.7 Å². The van der Waals surface area contributed by atoms with Crippen molar-refractivity contribution in [1.82, 2.24) is 10.3 Å². The summed E-state index contributed by atoms with van der Waals surface area (Å²) in [4.78, 5) is 15.7. The molecule has 1 atom stereocenters. The van der Waals surface area contributed by atoms with Crippen LogP contribution in [0.2, 0.25) is 0 Å². The van der Waals surface area contributed by atoms with E-state index in [-0.39, 0.29) is 5.91 Å². The van der Waals surface area contributed by atoms with Gasteiger partial charge in [0.2, 0.25) is 0 Å². The number of amides is 1. The first-order valence-corrected chi connectivity index (χ1v) is 5.49. The summed E-state index contributed by atoms with van der Waals surface area (Å²) in [7, 11) is 0. The zero-order valence-electron chi connectivity index (χ0n) is 8.77. The topological polar surface area (TPSA) is 63.2 Å². The van der Waals surface area contributed by atoms with Crippen molar-refractivity contribution in [3.05, 3.63) is 18.3 Å². The van der Waals surface area contributed by atoms with Gasteiger partial charge in [-0.3, -0.25) is 4.79 Å². The normalized spacial score (nSPS) is 23.2. The molecule has 0 spiro atoms. The fourth-order valence-corrected chi connectivity index (χ4v) is 1.68. The van der Waals surface area contributed by atoms with E-state index in [1.165, 1.54) is 12.8 Å². The smallest absolute Gasteiger partial charge is 0.268 e. The second kappa shape index (κ2) is 3.75. The quantitative estimate of drug-likeness (QED) is 0.778. The number of carbonyl (C=O) groups excluding carboxylic acids is 1. The first-order chi connectivity index (χ1) is 7.83. The van der Waals surface area contributed by atoms with Gasteiger partial charge in [-0.25, -0.2) is 4.98 Å². The fraction of sp³-hybridized carbons (Fsp3) is 0.455. The standard InChI is InChI=1S/C11H13N3O2/c15-11-9(6-13-7-3-4-7)16-8-2-1-5-12-10(8)14-11/h1-2,5,7,9,13H,3-4,6H2,(H,12,14,15). The Kier molecular flexibility index (Phi) is 2.25. The molecule has 2 N–H and O–H groups in total. The Labute approximate surface area is 93.2 Å². The fourth-order valence-electron chi connectivity index (χ4n) is 1.68. The summed E-state index contributed by atoms with van der Waals surface area (Å²) in [6, 6.07) is 4.18. The van der Waals surface area contributed by atoms with Crippen LogP contribution in [0.15, 0.2) is 18.3 Å². The van der Waals surface area contributed by atoms with Gasteiger partial charge >= 0.3 is 0 Å². The van der Waals surface area contributed by atoms with Gasteiger partial charge in [0.05, 0.1) is 0 Å². The number of hydrogen-bond acceptors (Lipinski definition) is 4. The van der Waals surface area contributed by atoms with E-state index in [4.69, 9.17) is 4.74 Å². The molecule has 1 aromatic heterocycles. The molecule has 1 amide bonds. The van der Waals surface area contributed by atoms with Crippen LogP contribution in [0.4, 0.5) is 5.82 Å². The van der Waals surface area contributed by atoms with Crippen LogP contribution in [0.3, 0.4) is 0 Å². The molecule has 16 heavy (non-hydrogen) atoms. The van der Waals surface area contributed by atoms with Crippen LogP contribution in [-0.2, 0) is 4.79 Å². The van der Waals surface area contributed by atoms with E-state index >= 15 is 0 Å². The number of aromatic nitrogens is 1. The van der Waals surface area contributed by atoms with Crippen LogP contribution in [-0.4, -0.2) is 29.6 Å². The van der Waals surface area contributed by atoms with Crippen LogP contribution >= 0.6 is 0 Å². The molecular formula is C11H13N3O2. The Hall–Kier alpha value is -1.62. The maximum atomic E-state index is 11.7. The van der Waals surface area contributed by atoms with E-state index < -0.39 is 6.10 Å². The molecule has 5 nitrogen and oxygen atoms in total. The lowest BCUT2D eigenvalue weighted by atomic mass is 10.2. The Morgan fingerprint density at radius 1 is 1.56 bits per heavy atom. The lowest BCUT2D eigenvalue weighted by molar-refractivity contribution is -0.123. The van der Waals surface area contributed by atoms with E-state index in [1.807, 2.05) is 6.07 Å². The molecule has 1 aliphatic carbocycles. The minimum Gasteiger partial charge on any atom is -0.475 e. The largest absolute Gasteiger partial charge is 0.475 e. The maximum Gasteiger partial charge on any atom is 0.268 e. The second-order valence-electron chi connectivity index (χ2n) is 4.13. The molecule has 0 radical (unpaired) electrons. The Balaban J connectivity index is 1.70. The monoisotopic (exact) mass is 219 g/mol. The Morgan fingerprint density at radius 2 is 2.44 bits per heavy atom. The zero-order chi connectivity index (χ0) is 11.0. The average molecular weight is 219 g/mol. The predicted octanol–water partition coefficient (Wildman–Crippen LogP) is 0.533. The molecule has 0 aromatic carbocycles. The summed E-state index contributed by atoms with van der Waals surface area (Å²) in [6.45, 7) is 0.560. The molecule has 0 saturated heterocycles. The number of carbonyl (C=O) groups is 1. The molecule has 84 valence electrons. The summed E-state index contributed by atoms with van der Waals surface area (Å²) in [6.07, 6.45) is 3.59. The van der Waals surface area contributed by atoms with Gasteiger partial charge in [-0.1, -0.05) is 0 Å². The lowest BCUT2D eigenvalue weighted by Crippen LogP contribution is -2.44. The highest BCUT2D eigenvalue weighted by atomic mass is 16.5. The Bertz CT molecular complexity index is 417. The first-order valence-electron chi connectivity index (χ1n) is 5.49. The van der Waals surface area contributed by atoms with Gasteiger partial charge in [0.1, 0.15) is 0 Å². The number of pyridine rings is 1. The van der Waals surface area contributed by atoms with Crippen LogP contribution in [0.25, 0.3) is 0 Å². The van der Waals surface area contributed by atoms with E-state index in [1.54, 1.807) is 12.3 Å². The number of rotatable bonds is 3. The third kappa shape index (κ3) is 1.86. The summed E-state index contributed by atoms with van der Waals surface area (Å²) in [5, 5.41) is 6.02. The predicted molar refractivity (Wildman–Crippen MR) is 58.3 cm³/mol. The van der Waals surface area contributed by atoms with Crippen LogP contribution in [0.1, 0.15) is 12.8 Å². The third-order valence-electron chi connectivity index (χ3n) is 2.74.